The highest BCUT2D eigenvalue weighted by molar-refractivity contribution is 8.01. The van der Waals surface area contributed by atoms with Crippen LogP contribution in [0.1, 0.15) is 60.4 Å². The standard InChI is InChI=1S/C60H51N7O10S3/c1-36(55(72)76-59(2,3)4)77-66-47(44-35-79-57(61-44)63-60(41-24-14-7-15-25-41,42-26-16-8-17-27-42)43-28-18-9-19-29-43)51(70)62-48-53(71)67-49(56(73)74-50(37-20-10-5-11-21-37)38-22-12-6-13-23-38)40(33-78-54(48)67)34-80-58-65-64-52(75-58)39-30-31-45(68)46(69)32-39/h5-32,35,48,50,54,68-69H,1,33-34H2,2-4H3,(H,61,63)(H,62,70)/t48-,54+/m1/s1. The van der Waals surface area contributed by atoms with Gasteiger partial charge in [-0.3, -0.25) is 14.5 Å². The van der Waals surface area contributed by atoms with Crippen LogP contribution in [0.5, 0.6) is 11.5 Å². The molecule has 2 amide bonds. The van der Waals surface area contributed by atoms with Gasteiger partial charge in [0.1, 0.15) is 33.9 Å². The number of amides is 2. The van der Waals surface area contributed by atoms with Gasteiger partial charge in [0.2, 0.25) is 11.6 Å². The largest absolute Gasteiger partial charge is 0.504 e. The van der Waals surface area contributed by atoms with Gasteiger partial charge in [-0.05, 0) is 78.9 Å². The Labute approximate surface area is 472 Å². The van der Waals surface area contributed by atoms with Gasteiger partial charge >= 0.3 is 11.9 Å². The minimum atomic E-state index is -1.19. The molecule has 404 valence electrons. The molecule has 6 aromatic carbocycles. The van der Waals surface area contributed by atoms with Gasteiger partial charge < -0.3 is 39.6 Å². The molecule has 0 bridgehead atoms. The molecule has 1 fully saturated rings. The molecule has 1 saturated heterocycles. The monoisotopic (exact) mass is 1130 g/mol. The third kappa shape index (κ3) is 11.7. The number of carbonyl (C=O) groups is 4. The van der Waals surface area contributed by atoms with E-state index < -0.39 is 63.9 Å². The number of phenolic OH excluding ortho intramolecular Hbond substituents is 2. The molecule has 80 heavy (non-hydrogen) atoms. The molecule has 4 heterocycles. The number of hydrogen-bond donors (Lipinski definition) is 4. The van der Waals surface area contributed by atoms with E-state index in [0.29, 0.717) is 27.4 Å². The van der Waals surface area contributed by atoms with Gasteiger partial charge in [0, 0.05) is 22.4 Å². The van der Waals surface area contributed by atoms with Crippen molar-refractivity contribution in [1.29, 1.82) is 0 Å². The number of aromatic nitrogens is 3. The van der Waals surface area contributed by atoms with Crippen LogP contribution in [0.4, 0.5) is 5.13 Å². The molecule has 2 aromatic heterocycles. The molecular weight excluding hydrogens is 1070 g/mol. The SMILES string of the molecule is C=C(ON=C(C(=O)N[C@@H]1C(=O)N2C(C(=O)OC(c3ccccc3)c3ccccc3)=C(CSc3nnc(-c4ccc(O)c(O)c4)o3)CS[C@@H]12)c1csc(NC(c2ccccc2)(c2ccccc2)c2ccccc2)n1)C(=O)OC(C)(C)C. The minimum absolute atomic E-state index is 0.0170. The summed E-state index contributed by atoms with van der Waals surface area (Å²) in [6, 6.07) is 51.0. The molecule has 2 aliphatic heterocycles. The lowest BCUT2D eigenvalue weighted by Crippen LogP contribution is -2.71. The van der Waals surface area contributed by atoms with E-state index in [1.54, 1.807) is 26.2 Å². The summed E-state index contributed by atoms with van der Waals surface area (Å²) in [4.78, 5) is 69.2. The number of anilines is 1. The lowest BCUT2D eigenvalue weighted by Gasteiger charge is -2.49. The third-order valence-corrected chi connectivity index (χ3v) is 15.7. The minimum Gasteiger partial charge on any atom is -0.504 e. The highest BCUT2D eigenvalue weighted by Crippen LogP contribution is 2.44. The molecule has 0 saturated carbocycles. The van der Waals surface area contributed by atoms with E-state index in [2.05, 4.69) is 32.6 Å². The highest BCUT2D eigenvalue weighted by atomic mass is 32.2. The maximum atomic E-state index is 14.9. The van der Waals surface area contributed by atoms with E-state index in [-0.39, 0.29) is 45.5 Å². The number of esters is 2. The molecule has 4 N–H and O–H groups in total. The predicted molar refractivity (Wildman–Crippen MR) is 304 cm³/mol. The number of benzene rings is 6. The number of thiazole rings is 1. The van der Waals surface area contributed by atoms with Crippen LogP contribution in [-0.4, -0.2) is 88.3 Å². The van der Waals surface area contributed by atoms with E-state index in [9.17, 15) is 29.4 Å². The second-order valence-corrected chi connectivity index (χ2v) is 22.1. The normalized spacial score (nSPS) is 15.4. The smallest absolute Gasteiger partial charge is 0.376 e. The Bertz CT molecular complexity index is 3490. The predicted octanol–water partition coefficient (Wildman–Crippen LogP) is 10.4. The second-order valence-electron chi connectivity index (χ2n) is 19.3. The van der Waals surface area contributed by atoms with Gasteiger partial charge in [-0.25, -0.2) is 14.6 Å². The quantitative estimate of drug-likeness (QED) is 0.00679. The van der Waals surface area contributed by atoms with Gasteiger partial charge in [-0.1, -0.05) is 169 Å². The molecule has 8 aromatic rings. The first-order valence-corrected chi connectivity index (χ1v) is 27.9. The molecule has 0 unspecified atom stereocenters. The van der Waals surface area contributed by atoms with Crippen LogP contribution in [-0.2, 0) is 39.0 Å². The van der Waals surface area contributed by atoms with E-state index in [0.717, 1.165) is 28.5 Å². The Morgan fingerprint density at radius 2 is 1.39 bits per heavy atom. The summed E-state index contributed by atoms with van der Waals surface area (Å²) in [5.74, 6) is -4.01. The number of oxime groups is 1. The number of aromatic hydroxyl groups is 2. The maximum Gasteiger partial charge on any atom is 0.376 e. The first-order chi connectivity index (χ1) is 38.7. The first kappa shape index (κ1) is 54.4. The van der Waals surface area contributed by atoms with Crippen LogP contribution in [0.15, 0.2) is 214 Å². The highest BCUT2D eigenvalue weighted by Gasteiger charge is 2.55. The maximum absolute atomic E-state index is 14.9. The van der Waals surface area contributed by atoms with E-state index in [1.807, 2.05) is 152 Å². The van der Waals surface area contributed by atoms with Crippen molar-refractivity contribution in [3.8, 4) is 23.0 Å². The summed E-state index contributed by atoms with van der Waals surface area (Å²) in [7, 11) is 0. The second kappa shape index (κ2) is 23.5. The molecule has 17 nitrogen and oxygen atoms in total. The number of nitrogens with one attached hydrogen (secondary N) is 2. The van der Waals surface area contributed by atoms with E-state index >= 15 is 0 Å². The van der Waals surface area contributed by atoms with E-state index in [1.165, 1.54) is 46.2 Å². The summed E-state index contributed by atoms with van der Waals surface area (Å²) in [6.45, 7) is 8.74. The lowest BCUT2D eigenvalue weighted by molar-refractivity contribution is -0.154. The number of nitrogens with zero attached hydrogens (tertiary/aromatic N) is 5. The van der Waals surface area contributed by atoms with Crippen LogP contribution >= 0.6 is 34.9 Å². The van der Waals surface area contributed by atoms with Crippen molar-refractivity contribution < 1.29 is 48.1 Å². The average Bonchev–Trinajstić information content (AvgIpc) is 3.47. The van der Waals surface area contributed by atoms with Crippen LogP contribution < -0.4 is 10.6 Å². The number of β-lactam (4-membered cyclic amide) rings is 1. The van der Waals surface area contributed by atoms with Gasteiger partial charge in [0.25, 0.3) is 17.0 Å². The van der Waals surface area contributed by atoms with Gasteiger partial charge in [-0.2, -0.15) is 0 Å². The molecule has 2 atom stereocenters. The molecule has 2 aliphatic rings. The van der Waals surface area contributed by atoms with Crippen molar-refractivity contribution in [2.75, 3.05) is 16.8 Å². The summed E-state index contributed by atoms with van der Waals surface area (Å²) in [5.41, 5.74) is 2.72. The van der Waals surface area contributed by atoms with Crippen molar-refractivity contribution in [3.63, 3.8) is 0 Å². The molecule has 0 spiro atoms. The van der Waals surface area contributed by atoms with Crippen LogP contribution in [0, 0.1) is 0 Å². The van der Waals surface area contributed by atoms with Gasteiger partial charge in [0.15, 0.2) is 28.4 Å². The average molecular weight is 1130 g/mol. The van der Waals surface area contributed by atoms with Crippen LogP contribution in [0.2, 0.25) is 0 Å². The summed E-state index contributed by atoms with van der Waals surface area (Å²) in [5, 5.41) is 40.2. The number of thioether (sulfide) groups is 2. The fraction of sp³-hybridized carbons (Fsp3) is 0.167. The zero-order chi connectivity index (χ0) is 56.0. The number of fused-ring (bicyclic) bond motifs is 1. The summed E-state index contributed by atoms with van der Waals surface area (Å²) >= 11 is 3.62. The van der Waals surface area contributed by atoms with Crippen molar-refractivity contribution >= 4 is 69.5 Å². The van der Waals surface area contributed by atoms with Crippen LogP contribution in [0.25, 0.3) is 11.5 Å². The molecule has 0 radical (unpaired) electrons. The van der Waals surface area contributed by atoms with Crippen molar-refractivity contribution in [3.05, 3.63) is 232 Å². The number of ether oxygens (including phenoxy) is 2. The molecule has 10 rings (SSSR count). The zero-order valence-corrected chi connectivity index (χ0v) is 45.7. The Balaban J connectivity index is 0.962. The van der Waals surface area contributed by atoms with Gasteiger partial charge in [-0.15, -0.1) is 33.3 Å². The molecule has 20 heteroatoms. The summed E-state index contributed by atoms with van der Waals surface area (Å²) < 4.78 is 17.7. The molecular formula is C60H51N7O10S3. The molecule has 0 aliphatic carbocycles. The zero-order valence-electron chi connectivity index (χ0n) is 43.2. The van der Waals surface area contributed by atoms with Crippen molar-refractivity contribution in [1.82, 2.24) is 25.4 Å². The Kier molecular flexibility index (Phi) is 16.0. The first-order valence-electron chi connectivity index (χ1n) is 25.0. The third-order valence-electron chi connectivity index (χ3n) is 12.7. The topological polar surface area (TPSA) is 228 Å². The van der Waals surface area contributed by atoms with Crippen molar-refractivity contribution in [2.24, 2.45) is 5.16 Å². The number of carbonyl (C=O) groups excluding carboxylic acids is 4. The lowest BCUT2D eigenvalue weighted by atomic mass is 9.77. The van der Waals surface area contributed by atoms with Crippen LogP contribution in [0.3, 0.4) is 0 Å². The Hall–Kier alpha value is -8.98. The van der Waals surface area contributed by atoms with Crippen molar-refractivity contribution in [2.45, 2.75) is 54.7 Å². The Morgan fingerprint density at radius 3 is 1.95 bits per heavy atom. The number of phenols is 2. The van der Waals surface area contributed by atoms with E-state index in [4.69, 9.17) is 23.7 Å². The number of hydrogen-bond acceptors (Lipinski definition) is 18. The number of rotatable bonds is 19. The fourth-order valence-corrected chi connectivity index (χ4v) is 12.0. The summed E-state index contributed by atoms with van der Waals surface area (Å²) in [6.07, 6.45) is -0.864. The van der Waals surface area contributed by atoms with Gasteiger partial charge in [0.05, 0.1) is 0 Å². The Morgan fingerprint density at radius 1 is 0.812 bits per heavy atom. The fourth-order valence-electron chi connectivity index (χ4n) is 8.99.